The first-order chi connectivity index (χ1) is 13.6. The summed E-state index contributed by atoms with van der Waals surface area (Å²) < 4.78 is 3.54. The standard InChI is InChI=1S/C21H25N5O2/c1-23-20(27)17-11-10-16(12-24-17)26-19-5-3-2-4-18(19)25(21(26)28)13-14-6-8-15(22)9-7-14/h2-5,10-12,14-15H,6-9,13,22H2,1H3,(H,23,27)/t14-,15-. The van der Waals surface area contributed by atoms with Crippen LogP contribution in [0, 0.1) is 5.92 Å². The summed E-state index contributed by atoms with van der Waals surface area (Å²) in [7, 11) is 1.56. The lowest BCUT2D eigenvalue weighted by molar-refractivity contribution is 0.0958. The third kappa shape index (κ3) is 3.33. The van der Waals surface area contributed by atoms with Gasteiger partial charge in [-0.3, -0.25) is 13.9 Å². The summed E-state index contributed by atoms with van der Waals surface area (Å²) in [5.74, 6) is 0.210. The van der Waals surface area contributed by atoms with Crippen molar-refractivity contribution in [3.63, 3.8) is 0 Å². The van der Waals surface area contributed by atoms with Crippen LogP contribution in [0.2, 0.25) is 0 Å². The largest absolute Gasteiger partial charge is 0.354 e. The molecule has 2 aromatic heterocycles. The number of nitrogens with two attached hydrogens (primary N) is 1. The number of rotatable bonds is 4. The Kier molecular flexibility index (Phi) is 5.00. The zero-order valence-corrected chi connectivity index (χ0v) is 16.0. The predicted octanol–water partition coefficient (Wildman–Crippen LogP) is 2.06. The lowest BCUT2D eigenvalue weighted by Crippen LogP contribution is -2.31. The Morgan fingerprint density at radius 2 is 1.86 bits per heavy atom. The number of carbonyl (C=O) groups excluding carboxylic acids is 1. The van der Waals surface area contributed by atoms with Crippen LogP contribution >= 0.6 is 0 Å². The van der Waals surface area contributed by atoms with E-state index in [4.69, 9.17) is 5.73 Å². The Morgan fingerprint density at radius 3 is 2.50 bits per heavy atom. The molecule has 1 aromatic carbocycles. The van der Waals surface area contributed by atoms with Gasteiger partial charge in [0.25, 0.3) is 5.91 Å². The summed E-state index contributed by atoms with van der Waals surface area (Å²) in [6, 6.07) is 11.5. The van der Waals surface area contributed by atoms with Gasteiger partial charge in [0.2, 0.25) is 0 Å². The summed E-state index contributed by atoms with van der Waals surface area (Å²) in [5.41, 5.74) is 8.68. The molecule has 7 heteroatoms. The summed E-state index contributed by atoms with van der Waals surface area (Å²) in [5, 5.41) is 2.55. The molecule has 28 heavy (non-hydrogen) atoms. The van der Waals surface area contributed by atoms with Crippen molar-refractivity contribution in [2.24, 2.45) is 11.7 Å². The van der Waals surface area contributed by atoms with Gasteiger partial charge in [0.05, 0.1) is 22.9 Å². The number of amides is 1. The molecule has 2 heterocycles. The van der Waals surface area contributed by atoms with Crippen molar-refractivity contribution in [3.8, 4) is 5.69 Å². The number of nitrogens with zero attached hydrogens (tertiary/aromatic N) is 3. The molecule has 0 spiro atoms. The highest BCUT2D eigenvalue weighted by Gasteiger charge is 2.22. The summed E-state index contributed by atoms with van der Waals surface area (Å²) in [4.78, 5) is 29.2. The number of hydrogen-bond acceptors (Lipinski definition) is 4. The number of para-hydroxylation sites is 2. The molecule has 3 N–H and O–H groups in total. The number of benzene rings is 1. The van der Waals surface area contributed by atoms with E-state index in [-0.39, 0.29) is 11.6 Å². The van der Waals surface area contributed by atoms with Gasteiger partial charge in [-0.05, 0) is 55.9 Å². The number of carbonyl (C=O) groups is 1. The number of pyridine rings is 1. The second kappa shape index (κ2) is 7.59. The number of hydrogen-bond donors (Lipinski definition) is 2. The topological polar surface area (TPSA) is 94.9 Å². The summed E-state index contributed by atoms with van der Waals surface area (Å²) in [6.45, 7) is 0.697. The first kappa shape index (κ1) is 18.4. The molecule has 1 amide bonds. The van der Waals surface area contributed by atoms with Crippen molar-refractivity contribution < 1.29 is 4.79 Å². The molecule has 0 atom stereocenters. The number of imidazole rings is 1. The molecule has 1 saturated carbocycles. The molecule has 0 radical (unpaired) electrons. The Hall–Kier alpha value is -2.93. The van der Waals surface area contributed by atoms with E-state index in [2.05, 4.69) is 10.3 Å². The monoisotopic (exact) mass is 379 g/mol. The van der Waals surface area contributed by atoms with E-state index in [1.165, 1.54) is 0 Å². The highest BCUT2D eigenvalue weighted by molar-refractivity contribution is 5.92. The van der Waals surface area contributed by atoms with Crippen LogP contribution in [0.25, 0.3) is 16.7 Å². The Morgan fingerprint density at radius 1 is 1.14 bits per heavy atom. The third-order valence-electron chi connectivity index (χ3n) is 5.63. The van der Waals surface area contributed by atoms with Crippen molar-refractivity contribution >= 4 is 16.9 Å². The molecule has 0 aliphatic heterocycles. The van der Waals surface area contributed by atoms with Crippen molar-refractivity contribution in [1.82, 2.24) is 19.4 Å². The van der Waals surface area contributed by atoms with Crippen LogP contribution in [0.1, 0.15) is 36.2 Å². The second-order valence-corrected chi connectivity index (χ2v) is 7.48. The molecule has 0 bridgehead atoms. The predicted molar refractivity (Wildman–Crippen MR) is 109 cm³/mol. The molecule has 0 saturated heterocycles. The SMILES string of the molecule is CNC(=O)c1ccc(-n2c(=O)n(C[C@H]3CC[C@H](N)CC3)c3ccccc32)cn1. The Labute approximate surface area is 163 Å². The third-order valence-corrected chi connectivity index (χ3v) is 5.63. The quantitative estimate of drug-likeness (QED) is 0.725. The fraction of sp³-hybridized carbons (Fsp3) is 0.381. The highest BCUT2D eigenvalue weighted by Crippen LogP contribution is 2.26. The van der Waals surface area contributed by atoms with E-state index in [0.717, 1.165) is 36.7 Å². The molecule has 3 aromatic rings. The van der Waals surface area contributed by atoms with Gasteiger partial charge in [0.1, 0.15) is 5.69 Å². The molecule has 1 aliphatic carbocycles. The maximum Gasteiger partial charge on any atom is 0.333 e. The van der Waals surface area contributed by atoms with Crippen LogP contribution in [0.15, 0.2) is 47.4 Å². The van der Waals surface area contributed by atoms with E-state index in [9.17, 15) is 9.59 Å². The van der Waals surface area contributed by atoms with Crippen LogP contribution < -0.4 is 16.7 Å². The average Bonchev–Trinajstić information content (AvgIpc) is 3.01. The van der Waals surface area contributed by atoms with Gasteiger partial charge in [-0.15, -0.1) is 0 Å². The Bertz CT molecular complexity index is 1040. The van der Waals surface area contributed by atoms with Crippen LogP contribution in [0.3, 0.4) is 0 Å². The lowest BCUT2D eigenvalue weighted by Gasteiger charge is -2.26. The zero-order chi connectivity index (χ0) is 19.7. The van der Waals surface area contributed by atoms with Crippen molar-refractivity contribution in [1.29, 1.82) is 0 Å². The van der Waals surface area contributed by atoms with Gasteiger partial charge in [-0.25, -0.2) is 9.78 Å². The van der Waals surface area contributed by atoms with Crippen molar-refractivity contribution in [2.45, 2.75) is 38.3 Å². The Balaban J connectivity index is 1.74. The zero-order valence-electron chi connectivity index (χ0n) is 16.0. The first-order valence-electron chi connectivity index (χ1n) is 9.73. The number of nitrogens with one attached hydrogen (secondary N) is 1. The first-order valence-corrected chi connectivity index (χ1v) is 9.73. The summed E-state index contributed by atoms with van der Waals surface area (Å²) >= 11 is 0. The maximum absolute atomic E-state index is 13.3. The molecular formula is C21H25N5O2. The molecular weight excluding hydrogens is 354 g/mol. The van der Waals surface area contributed by atoms with Crippen LogP contribution in [0.4, 0.5) is 0 Å². The van der Waals surface area contributed by atoms with Crippen LogP contribution in [0.5, 0.6) is 0 Å². The fourth-order valence-electron chi connectivity index (χ4n) is 4.04. The van der Waals surface area contributed by atoms with Crippen LogP contribution in [-0.4, -0.2) is 33.1 Å². The number of fused-ring (bicyclic) bond motifs is 1. The van der Waals surface area contributed by atoms with E-state index < -0.39 is 0 Å². The summed E-state index contributed by atoms with van der Waals surface area (Å²) in [6.07, 6.45) is 5.71. The second-order valence-electron chi connectivity index (χ2n) is 7.48. The lowest BCUT2D eigenvalue weighted by atomic mass is 9.86. The minimum atomic E-state index is -0.253. The van der Waals surface area contributed by atoms with Gasteiger partial charge in [0, 0.05) is 19.6 Å². The van der Waals surface area contributed by atoms with Crippen molar-refractivity contribution in [3.05, 3.63) is 58.8 Å². The van der Waals surface area contributed by atoms with Gasteiger partial charge in [0.15, 0.2) is 0 Å². The highest BCUT2D eigenvalue weighted by atomic mass is 16.2. The van der Waals surface area contributed by atoms with E-state index in [0.29, 0.717) is 29.9 Å². The van der Waals surface area contributed by atoms with Gasteiger partial charge >= 0.3 is 5.69 Å². The fourth-order valence-corrected chi connectivity index (χ4v) is 4.04. The van der Waals surface area contributed by atoms with E-state index in [1.54, 1.807) is 29.9 Å². The molecule has 1 fully saturated rings. The molecule has 7 nitrogen and oxygen atoms in total. The van der Waals surface area contributed by atoms with Gasteiger partial charge in [-0.2, -0.15) is 0 Å². The minimum Gasteiger partial charge on any atom is -0.354 e. The molecule has 1 aliphatic rings. The van der Waals surface area contributed by atoms with Gasteiger partial charge < -0.3 is 11.1 Å². The normalized spacial score (nSPS) is 19.6. The van der Waals surface area contributed by atoms with Crippen LogP contribution in [-0.2, 0) is 6.54 Å². The maximum atomic E-state index is 13.3. The van der Waals surface area contributed by atoms with Crippen molar-refractivity contribution in [2.75, 3.05) is 7.05 Å². The smallest absolute Gasteiger partial charge is 0.333 e. The molecule has 146 valence electrons. The number of aromatic nitrogens is 3. The van der Waals surface area contributed by atoms with Gasteiger partial charge in [-0.1, -0.05) is 12.1 Å². The molecule has 4 rings (SSSR count). The van der Waals surface area contributed by atoms with E-state index in [1.807, 2.05) is 28.8 Å². The molecule has 0 unspecified atom stereocenters. The average molecular weight is 379 g/mol. The van der Waals surface area contributed by atoms with E-state index >= 15 is 0 Å². The minimum absolute atomic E-state index is 0.0782.